The van der Waals surface area contributed by atoms with Crippen molar-refractivity contribution in [3.8, 4) is 5.75 Å². The number of fused-ring (bicyclic) bond motifs is 2. The molecule has 2 heterocycles. The molecule has 0 saturated heterocycles. The number of rotatable bonds is 2. The number of benzene rings is 1. The summed E-state index contributed by atoms with van der Waals surface area (Å²) < 4.78 is 11.8. The molecule has 1 amide bonds. The first kappa shape index (κ1) is 16.8. The fraction of sp³-hybridized carbons (Fsp3) is 0.529. The Morgan fingerprint density at radius 3 is 2.85 bits per heavy atom. The van der Waals surface area contributed by atoms with Crippen LogP contribution in [-0.4, -0.2) is 45.6 Å². The van der Waals surface area contributed by atoms with Gasteiger partial charge in [-0.1, -0.05) is 0 Å². The molecule has 26 heavy (non-hydrogen) atoms. The van der Waals surface area contributed by atoms with E-state index in [1.165, 1.54) is 23.2 Å². The Labute approximate surface area is 149 Å². The molecule has 0 bridgehead atoms. The summed E-state index contributed by atoms with van der Waals surface area (Å²) in [5.74, 6) is 0.507. The highest BCUT2D eigenvalue weighted by atomic mass is 16.6. The second-order valence-corrected chi connectivity index (χ2v) is 7.42. The Kier molecular flexibility index (Phi) is 3.49. The summed E-state index contributed by atoms with van der Waals surface area (Å²) in [5, 5.41) is 27.3. The summed E-state index contributed by atoms with van der Waals surface area (Å²) in [7, 11) is 1.56. The second-order valence-electron chi connectivity index (χ2n) is 7.42. The van der Waals surface area contributed by atoms with Crippen LogP contribution < -0.4 is 4.74 Å². The Balaban J connectivity index is 1.73. The fourth-order valence-corrected chi connectivity index (χ4v) is 3.46. The molecule has 4 atom stereocenters. The molecule has 1 aromatic rings. The molecule has 0 unspecified atom stereocenters. The number of aliphatic hydroxyl groups is 1. The first-order chi connectivity index (χ1) is 12.2. The number of hydrogen-bond donors (Lipinski definition) is 1. The van der Waals surface area contributed by atoms with Crippen molar-refractivity contribution >= 4 is 17.5 Å². The van der Waals surface area contributed by atoms with Gasteiger partial charge in [0.2, 0.25) is 11.8 Å². The first-order valence-corrected chi connectivity index (χ1v) is 8.37. The molecule has 9 heteroatoms. The van der Waals surface area contributed by atoms with Crippen molar-refractivity contribution in [3.63, 3.8) is 0 Å². The molecule has 0 radical (unpaired) electrons. The van der Waals surface area contributed by atoms with E-state index in [1.807, 2.05) is 0 Å². The van der Waals surface area contributed by atoms with Crippen LogP contribution in [0.4, 0.5) is 5.69 Å². The molecule has 1 fully saturated rings. The van der Waals surface area contributed by atoms with Gasteiger partial charge in [0, 0.05) is 30.7 Å². The number of ether oxygens (including phenoxy) is 2. The summed E-state index contributed by atoms with van der Waals surface area (Å²) in [6.45, 7) is 3.44. The average molecular weight is 361 g/mol. The largest absolute Gasteiger partial charge is 0.485 e. The highest BCUT2D eigenvalue weighted by Crippen LogP contribution is 2.48. The molecular formula is C17H19N3O6. The number of hydrogen-bond acceptors (Lipinski definition) is 7. The normalized spacial score (nSPS) is 31.3. The van der Waals surface area contributed by atoms with Crippen LogP contribution >= 0.6 is 0 Å². The molecule has 1 N–H and O–H groups in total. The third kappa shape index (κ3) is 2.50. The van der Waals surface area contributed by atoms with Crippen molar-refractivity contribution < 1.29 is 24.3 Å². The van der Waals surface area contributed by atoms with Crippen molar-refractivity contribution in [1.82, 2.24) is 5.01 Å². The van der Waals surface area contributed by atoms with E-state index in [4.69, 9.17) is 9.47 Å². The van der Waals surface area contributed by atoms with Crippen LogP contribution in [-0.2, 0) is 9.53 Å². The van der Waals surface area contributed by atoms with Gasteiger partial charge < -0.3 is 14.6 Å². The van der Waals surface area contributed by atoms with E-state index in [2.05, 4.69) is 5.10 Å². The highest BCUT2D eigenvalue weighted by molar-refractivity contribution is 5.96. The summed E-state index contributed by atoms with van der Waals surface area (Å²) in [6.07, 6.45) is -1.29. The molecule has 1 aromatic carbocycles. The van der Waals surface area contributed by atoms with Crippen LogP contribution in [0.3, 0.4) is 0 Å². The molecular weight excluding hydrogens is 342 g/mol. The Bertz CT molecular complexity index is 836. The standard InChI is InChI=1S/C17H19N3O6/c1-17(2)14(21)13(11-6-8(20(23)24)4-5-12(11)26-17)25-15-9-7-10(9)16(22)19(3)18-15/h4-6,9-10,13-14,21H,7H2,1-3H3/t9-,10+,13+,14-/m0/s1. The number of hydrazone groups is 1. The average Bonchev–Trinajstić information content (AvgIpc) is 3.36. The highest BCUT2D eigenvalue weighted by Gasteiger charge is 2.54. The van der Waals surface area contributed by atoms with E-state index >= 15 is 0 Å². The summed E-state index contributed by atoms with van der Waals surface area (Å²) in [4.78, 5) is 22.5. The van der Waals surface area contributed by atoms with E-state index in [0.29, 0.717) is 23.6 Å². The molecule has 0 aromatic heterocycles. The number of nitro groups is 1. The van der Waals surface area contributed by atoms with E-state index in [-0.39, 0.29) is 23.4 Å². The molecule has 0 spiro atoms. The predicted molar refractivity (Wildman–Crippen MR) is 89.4 cm³/mol. The number of carbonyl (C=O) groups is 1. The van der Waals surface area contributed by atoms with Crippen LogP contribution in [0.25, 0.3) is 0 Å². The monoisotopic (exact) mass is 361 g/mol. The maximum absolute atomic E-state index is 11.9. The maximum atomic E-state index is 11.9. The van der Waals surface area contributed by atoms with Gasteiger partial charge in [-0.15, -0.1) is 5.10 Å². The second kappa shape index (κ2) is 5.41. The fourth-order valence-electron chi connectivity index (χ4n) is 3.46. The molecule has 4 rings (SSSR count). The number of nitrogens with zero attached hydrogens (tertiary/aromatic N) is 3. The Hall–Kier alpha value is -2.68. The Morgan fingerprint density at radius 1 is 1.42 bits per heavy atom. The zero-order valence-electron chi connectivity index (χ0n) is 14.6. The van der Waals surface area contributed by atoms with Gasteiger partial charge in [-0.2, -0.15) is 0 Å². The van der Waals surface area contributed by atoms with Crippen molar-refractivity contribution in [2.75, 3.05) is 7.05 Å². The van der Waals surface area contributed by atoms with E-state index in [0.717, 1.165) is 0 Å². The lowest BCUT2D eigenvalue weighted by molar-refractivity contribution is -0.385. The minimum Gasteiger partial charge on any atom is -0.485 e. The third-order valence-corrected chi connectivity index (χ3v) is 5.12. The van der Waals surface area contributed by atoms with Gasteiger partial charge in [0.25, 0.3) is 5.69 Å². The van der Waals surface area contributed by atoms with E-state index < -0.39 is 22.7 Å². The van der Waals surface area contributed by atoms with Gasteiger partial charge in [-0.3, -0.25) is 14.9 Å². The lowest BCUT2D eigenvalue weighted by Crippen LogP contribution is -2.50. The van der Waals surface area contributed by atoms with E-state index in [9.17, 15) is 20.0 Å². The number of carbonyl (C=O) groups excluding carboxylic acids is 1. The van der Waals surface area contributed by atoms with Gasteiger partial charge >= 0.3 is 0 Å². The first-order valence-electron chi connectivity index (χ1n) is 8.37. The topological polar surface area (TPSA) is 114 Å². The number of nitro benzene ring substituents is 1. The minimum absolute atomic E-state index is 0.0498. The van der Waals surface area contributed by atoms with Crippen molar-refractivity contribution in [3.05, 3.63) is 33.9 Å². The molecule has 138 valence electrons. The maximum Gasteiger partial charge on any atom is 0.270 e. The smallest absolute Gasteiger partial charge is 0.270 e. The molecule has 3 aliphatic rings. The quantitative estimate of drug-likeness (QED) is 0.632. The van der Waals surface area contributed by atoms with Gasteiger partial charge in [-0.25, -0.2) is 5.01 Å². The van der Waals surface area contributed by atoms with Crippen molar-refractivity contribution in [1.29, 1.82) is 0 Å². The minimum atomic E-state index is -1.07. The predicted octanol–water partition coefficient (Wildman–Crippen LogP) is 1.61. The summed E-state index contributed by atoms with van der Waals surface area (Å²) in [5.41, 5.74) is -0.672. The lowest BCUT2D eigenvalue weighted by atomic mass is 9.88. The van der Waals surface area contributed by atoms with Crippen LogP contribution in [0.2, 0.25) is 0 Å². The van der Waals surface area contributed by atoms with Crippen molar-refractivity contribution in [2.45, 2.75) is 38.1 Å². The van der Waals surface area contributed by atoms with E-state index in [1.54, 1.807) is 20.9 Å². The SMILES string of the molecule is CN1N=C(O[C@@H]2c3cc([N+](=O)[O-])ccc3OC(C)(C)[C@H]2O)[C@H]2C[C@H]2C1=O. The molecule has 1 aliphatic carbocycles. The summed E-state index contributed by atoms with van der Waals surface area (Å²) >= 11 is 0. The number of amides is 1. The zero-order chi connectivity index (χ0) is 18.8. The van der Waals surface area contributed by atoms with Crippen LogP contribution in [0.15, 0.2) is 23.3 Å². The van der Waals surface area contributed by atoms with Crippen molar-refractivity contribution in [2.24, 2.45) is 16.9 Å². The molecule has 2 aliphatic heterocycles. The zero-order valence-corrected chi connectivity index (χ0v) is 14.6. The van der Waals surface area contributed by atoms with Gasteiger partial charge in [0.1, 0.15) is 17.5 Å². The van der Waals surface area contributed by atoms with Gasteiger partial charge in [0.05, 0.1) is 10.8 Å². The number of non-ortho nitro benzene ring substituents is 1. The molecule has 1 saturated carbocycles. The number of aliphatic hydroxyl groups excluding tert-OH is 1. The lowest BCUT2D eigenvalue weighted by Gasteiger charge is -2.42. The van der Waals surface area contributed by atoms with Crippen LogP contribution in [0, 0.1) is 22.0 Å². The van der Waals surface area contributed by atoms with Gasteiger partial charge in [-0.05, 0) is 26.3 Å². The Morgan fingerprint density at radius 2 is 2.15 bits per heavy atom. The van der Waals surface area contributed by atoms with Crippen LogP contribution in [0.5, 0.6) is 5.75 Å². The third-order valence-electron chi connectivity index (χ3n) is 5.12. The van der Waals surface area contributed by atoms with Gasteiger partial charge in [0.15, 0.2) is 6.10 Å². The molecule has 9 nitrogen and oxygen atoms in total. The van der Waals surface area contributed by atoms with Crippen LogP contribution in [0.1, 0.15) is 31.9 Å². The summed E-state index contributed by atoms with van der Waals surface area (Å²) in [6, 6.07) is 4.21.